The van der Waals surface area contributed by atoms with Crippen LogP contribution in [0.5, 0.6) is 0 Å². The van der Waals surface area contributed by atoms with E-state index in [1.807, 2.05) is 6.20 Å². The number of aromatic nitrogens is 1. The number of thiazole rings is 1. The van der Waals surface area contributed by atoms with E-state index < -0.39 is 0 Å². The van der Waals surface area contributed by atoms with Crippen molar-refractivity contribution in [1.82, 2.24) is 4.98 Å². The Labute approximate surface area is 100 Å². The van der Waals surface area contributed by atoms with Gasteiger partial charge in [0, 0.05) is 24.0 Å². The summed E-state index contributed by atoms with van der Waals surface area (Å²) in [6, 6.07) is 6.63. The van der Waals surface area contributed by atoms with Crippen LogP contribution < -0.4 is 5.73 Å². The molecule has 0 atom stereocenters. The molecule has 0 spiro atoms. The molecule has 2 N–H and O–H groups in total. The molecule has 0 fully saturated rings. The molecule has 0 bridgehead atoms. The Balaban J connectivity index is 2.19. The molecule has 0 unspecified atom stereocenters. The lowest BCUT2D eigenvalue weighted by Gasteiger charge is -2.02. The average molecular weight is 232 g/mol. The maximum Gasteiger partial charge on any atom is 0.0972 e. The first-order valence-electron chi connectivity index (χ1n) is 5.38. The maximum atomic E-state index is 5.58. The van der Waals surface area contributed by atoms with Gasteiger partial charge in [-0.3, -0.25) is 0 Å². The van der Waals surface area contributed by atoms with Gasteiger partial charge in [-0.15, -0.1) is 11.3 Å². The van der Waals surface area contributed by atoms with E-state index in [4.69, 9.17) is 5.73 Å². The van der Waals surface area contributed by atoms with Gasteiger partial charge >= 0.3 is 0 Å². The number of hydrogen-bond donors (Lipinski definition) is 1. The normalized spacial score (nSPS) is 10.7. The molecular formula is C13H16N2S. The molecule has 1 aromatic carbocycles. The fourth-order valence-corrected chi connectivity index (χ4v) is 2.71. The van der Waals surface area contributed by atoms with Crippen molar-refractivity contribution in [2.24, 2.45) is 5.73 Å². The van der Waals surface area contributed by atoms with Crippen LogP contribution in [0.25, 0.3) is 0 Å². The Morgan fingerprint density at radius 2 is 1.88 bits per heavy atom. The first-order chi connectivity index (χ1) is 7.67. The molecule has 1 heterocycles. The summed E-state index contributed by atoms with van der Waals surface area (Å²) in [5.41, 5.74) is 9.53. The highest BCUT2D eigenvalue weighted by molar-refractivity contribution is 7.11. The Hall–Kier alpha value is -1.19. The highest BCUT2D eigenvalue weighted by Gasteiger charge is 2.03. The van der Waals surface area contributed by atoms with Crippen molar-refractivity contribution >= 4 is 11.3 Å². The van der Waals surface area contributed by atoms with E-state index in [9.17, 15) is 0 Å². The molecule has 0 radical (unpaired) electrons. The quantitative estimate of drug-likeness (QED) is 0.883. The first kappa shape index (κ1) is 11.3. The third-order valence-corrected chi connectivity index (χ3v) is 3.46. The van der Waals surface area contributed by atoms with Gasteiger partial charge in [0.05, 0.1) is 5.01 Å². The third-order valence-electron chi connectivity index (χ3n) is 2.44. The van der Waals surface area contributed by atoms with Gasteiger partial charge in [-0.25, -0.2) is 4.98 Å². The summed E-state index contributed by atoms with van der Waals surface area (Å²) in [5, 5.41) is 1.14. The van der Waals surface area contributed by atoms with E-state index in [1.54, 1.807) is 11.3 Å². The average Bonchev–Trinajstić information content (AvgIpc) is 2.64. The summed E-state index contributed by atoms with van der Waals surface area (Å²) in [6.07, 6.45) is 2.79. The van der Waals surface area contributed by atoms with Crippen molar-refractivity contribution in [2.75, 3.05) is 0 Å². The molecule has 0 saturated heterocycles. The fraction of sp³-hybridized carbons (Fsp3) is 0.308. The molecule has 0 saturated carbocycles. The minimum absolute atomic E-state index is 0.588. The van der Waals surface area contributed by atoms with E-state index in [0.29, 0.717) is 6.54 Å². The maximum absolute atomic E-state index is 5.58. The molecule has 0 aliphatic carbocycles. The van der Waals surface area contributed by atoms with Crippen molar-refractivity contribution in [2.45, 2.75) is 26.8 Å². The molecule has 2 nitrogen and oxygen atoms in total. The van der Waals surface area contributed by atoms with Crippen LogP contribution in [-0.4, -0.2) is 4.98 Å². The van der Waals surface area contributed by atoms with Crippen LogP contribution in [0.15, 0.2) is 24.4 Å². The summed E-state index contributed by atoms with van der Waals surface area (Å²) >= 11 is 1.70. The first-order valence-corrected chi connectivity index (χ1v) is 6.20. The topological polar surface area (TPSA) is 38.9 Å². The molecule has 2 aromatic rings. The standard InChI is InChI=1S/C13H16N2S/c1-9-3-10(2)5-11(4-9)6-13-15-8-12(7-14)16-13/h3-5,8H,6-7,14H2,1-2H3. The SMILES string of the molecule is Cc1cc(C)cc(Cc2ncc(CN)s2)c1. The van der Waals surface area contributed by atoms with E-state index >= 15 is 0 Å². The third kappa shape index (κ3) is 2.68. The Kier molecular flexibility index (Phi) is 3.36. The van der Waals surface area contributed by atoms with Crippen LogP contribution in [0, 0.1) is 13.8 Å². The molecule has 0 aliphatic rings. The number of aryl methyl sites for hydroxylation is 2. The second-order valence-corrected chi connectivity index (χ2v) is 5.30. The van der Waals surface area contributed by atoms with Gasteiger partial charge in [-0.2, -0.15) is 0 Å². The lowest BCUT2D eigenvalue weighted by molar-refractivity contribution is 1.08. The van der Waals surface area contributed by atoms with Gasteiger partial charge in [0.25, 0.3) is 0 Å². The van der Waals surface area contributed by atoms with E-state index in [2.05, 4.69) is 37.0 Å². The number of hydrogen-bond acceptors (Lipinski definition) is 3. The zero-order valence-electron chi connectivity index (χ0n) is 9.66. The van der Waals surface area contributed by atoms with Gasteiger partial charge < -0.3 is 5.73 Å². The second-order valence-electron chi connectivity index (χ2n) is 4.10. The highest BCUT2D eigenvalue weighted by atomic mass is 32.1. The molecule has 3 heteroatoms. The van der Waals surface area contributed by atoms with Crippen LogP contribution in [-0.2, 0) is 13.0 Å². The summed E-state index contributed by atoms with van der Waals surface area (Å²) < 4.78 is 0. The summed E-state index contributed by atoms with van der Waals surface area (Å²) in [5.74, 6) is 0. The lowest BCUT2D eigenvalue weighted by atomic mass is 10.1. The van der Waals surface area contributed by atoms with Gasteiger partial charge in [0.2, 0.25) is 0 Å². The van der Waals surface area contributed by atoms with Crippen LogP contribution in [0.3, 0.4) is 0 Å². The summed E-state index contributed by atoms with van der Waals surface area (Å²) in [7, 11) is 0. The monoisotopic (exact) mass is 232 g/mol. The van der Waals surface area contributed by atoms with Crippen molar-refractivity contribution in [3.63, 3.8) is 0 Å². The number of benzene rings is 1. The summed E-state index contributed by atoms with van der Waals surface area (Å²) in [6.45, 7) is 4.85. The van der Waals surface area contributed by atoms with E-state index in [0.717, 1.165) is 16.3 Å². The van der Waals surface area contributed by atoms with Gasteiger partial charge in [0.15, 0.2) is 0 Å². The van der Waals surface area contributed by atoms with Gasteiger partial charge in [0.1, 0.15) is 0 Å². The van der Waals surface area contributed by atoms with Crippen LogP contribution in [0.2, 0.25) is 0 Å². The van der Waals surface area contributed by atoms with Crippen molar-refractivity contribution in [1.29, 1.82) is 0 Å². The molecule has 84 valence electrons. The number of rotatable bonds is 3. The minimum Gasteiger partial charge on any atom is -0.326 e. The Morgan fingerprint density at radius 3 is 2.44 bits per heavy atom. The van der Waals surface area contributed by atoms with Gasteiger partial charge in [-0.1, -0.05) is 29.3 Å². The predicted octanol–water partition coefficient (Wildman–Crippen LogP) is 2.81. The summed E-state index contributed by atoms with van der Waals surface area (Å²) in [4.78, 5) is 5.53. The van der Waals surface area contributed by atoms with Crippen molar-refractivity contribution < 1.29 is 0 Å². The predicted molar refractivity (Wildman–Crippen MR) is 68.7 cm³/mol. The Bertz CT molecular complexity index is 468. The van der Waals surface area contributed by atoms with Crippen LogP contribution >= 0.6 is 11.3 Å². The molecule has 0 aliphatic heterocycles. The zero-order chi connectivity index (χ0) is 11.5. The van der Waals surface area contributed by atoms with Crippen molar-refractivity contribution in [3.05, 3.63) is 51.0 Å². The smallest absolute Gasteiger partial charge is 0.0972 e. The Morgan fingerprint density at radius 1 is 1.19 bits per heavy atom. The molecule has 16 heavy (non-hydrogen) atoms. The van der Waals surface area contributed by atoms with Crippen LogP contribution in [0.4, 0.5) is 0 Å². The van der Waals surface area contributed by atoms with E-state index in [1.165, 1.54) is 16.7 Å². The number of nitrogens with two attached hydrogens (primary N) is 1. The number of nitrogens with zero attached hydrogens (tertiary/aromatic N) is 1. The zero-order valence-corrected chi connectivity index (χ0v) is 10.5. The highest BCUT2D eigenvalue weighted by Crippen LogP contribution is 2.18. The lowest BCUT2D eigenvalue weighted by Crippen LogP contribution is -1.91. The molecule has 1 aromatic heterocycles. The molecule has 2 rings (SSSR count). The largest absolute Gasteiger partial charge is 0.326 e. The van der Waals surface area contributed by atoms with E-state index in [-0.39, 0.29) is 0 Å². The van der Waals surface area contributed by atoms with Gasteiger partial charge in [-0.05, 0) is 19.4 Å². The van der Waals surface area contributed by atoms with Crippen molar-refractivity contribution in [3.8, 4) is 0 Å². The second kappa shape index (κ2) is 4.76. The van der Waals surface area contributed by atoms with Crippen LogP contribution in [0.1, 0.15) is 26.6 Å². The fourth-order valence-electron chi connectivity index (χ4n) is 1.87. The minimum atomic E-state index is 0.588. The molecule has 0 amide bonds. The molecular weight excluding hydrogens is 216 g/mol.